The van der Waals surface area contributed by atoms with E-state index in [0.717, 1.165) is 0 Å². The Bertz CT molecular complexity index is 1190. The third-order valence-corrected chi connectivity index (χ3v) is 5.35. The maximum Gasteiger partial charge on any atom is 0.300 e. The second kappa shape index (κ2) is 8.16. The van der Waals surface area contributed by atoms with Crippen LogP contribution in [0.4, 0.5) is 5.69 Å². The lowest BCUT2D eigenvalue weighted by Gasteiger charge is -2.25. The third-order valence-electron chi connectivity index (χ3n) is 5.10. The number of aromatic hydroxyl groups is 1. The van der Waals surface area contributed by atoms with Crippen molar-refractivity contribution in [1.29, 1.82) is 0 Å². The molecule has 1 heterocycles. The van der Waals surface area contributed by atoms with Gasteiger partial charge in [-0.25, -0.2) is 0 Å². The fourth-order valence-electron chi connectivity index (χ4n) is 3.62. The summed E-state index contributed by atoms with van der Waals surface area (Å²) >= 11 is 5.93. The first-order chi connectivity index (χ1) is 14.9. The molecule has 4 rings (SSSR count). The normalized spacial score (nSPS) is 17.7. The SMILES string of the molecule is COc1ccc(N2C(=O)C(=O)/C(=C(\O)c3ccc(Cl)cc3)C2c2cccc(O)c2)cc1. The van der Waals surface area contributed by atoms with E-state index in [1.807, 2.05) is 0 Å². The number of ether oxygens (including phenoxy) is 1. The van der Waals surface area contributed by atoms with Crippen LogP contribution in [0.5, 0.6) is 11.5 Å². The molecular weight excluding hydrogens is 418 g/mol. The number of carbonyl (C=O) groups excluding carboxylic acids is 2. The molecule has 1 fully saturated rings. The third kappa shape index (κ3) is 3.73. The van der Waals surface area contributed by atoms with Crippen LogP contribution in [0.25, 0.3) is 5.76 Å². The highest BCUT2D eigenvalue weighted by Gasteiger charge is 2.47. The Morgan fingerprint density at radius 2 is 1.68 bits per heavy atom. The number of nitrogens with zero attached hydrogens (tertiary/aromatic N) is 1. The van der Waals surface area contributed by atoms with Gasteiger partial charge in [-0.3, -0.25) is 14.5 Å². The van der Waals surface area contributed by atoms with Gasteiger partial charge < -0.3 is 14.9 Å². The topological polar surface area (TPSA) is 87.1 Å². The average Bonchev–Trinajstić information content (AvgIpc) is 3.04. The molecule has 0 bridgehead atoms. The van der Waals surface area contributed by atoms with E-state index in [-0.39, 0.29) is 17.1 Å². The fraction of sp³-hybridized carbons (Fsp3) is 0.0833. The lowest BCUT2D eigenvalue weighted by atomic mass is 9.95. The number of phenolic OH excluding ortho intramolecular Hbond substituents is 1. The van der Waals surface area contributed by atoms with Gasteiger partial charge in [0.15, 0.2) is 0 Å². The van der Waals surface area contributed by atoms with Gasteiger partial charge in [-0.05, 0) is 66.2 Å². The van der Waals surface area contributed by atoms with E-state index in [4.69, 9.17) is 16.3 Å². The Morgan fingerprint density at radius 1 is 1.00 bits per heavy atom. The molecule has 2 N–H and O–H groups in total. The first-order valence-electron chi connectivity index (χ1n) is 9.40. The summed E-state index contributed by atoms with van der Waals surface area (Å²) in [5.74, 6) is -1.36. The lowest BCUT2D eigenvalue weighted by molar-refractivity contribution is -0.132. The van der Waals surface area contributed by atoms with Gasteiger partial charge >= 0.3 is 0 Å². The van der Waals surface area contributed by atoms with E-state index < -0.39 is 17.7 Å². The average molecular weight is 436 g/mol. The van der Waals surface area contributed by atoms with Crippen molar-refractivity contribution >= 4 is 34.7 Å². The van der Waals surface area contributed by atoms with Crippen molar-refractivity contribution in [2.24, 2.45) is 0 Å². The van der Waals surface area contributed by atoms with Crippen molar-refractivity contribution in [1.82, 2.24) is 0 Å². The summed E-state index contributed by atoms with van der Waals surface area (Å²) in [6.45, 7) is 0. The Morgan fingerprint density at radius 3 is 2.29 bits per heavy atom. The molecule has 1 aliphatic rings. The molecular formula is C24H18ClNO5. The molecule has 0 aromatic heterocycles. The Balaban J connectivity index is 1.92. The summed E-state index contributed by atoms with van der Waals surface area (Å²) in [6, 6.07) is 18.3. The van der Waals surface area contributed by atoms with Gasteiger partial charge in [-0.1, -0.05) is 23.7 Å². The molecule has 1 amide bonds. The maximum atomic E-state index is 13.0. The number of carbonyl (C=O) groups is 2. The van der Waals surface area contributed by atoms with Crippen LogP contribution in [-0.2, 0) is 9.59 Å². The number of halogens is 1. The van der Waals surface area contributed by atoms with E-state index in [9.17, 15) is 19.8 Å². The molecule has 0 spiro atoms. The number of anilines is 1. The van der Waals surface area contributed by atoms with Crippen LogP contribution in [0.1, 0.15) is 17.2 Å². The van der Waals surface area contributed by atoms with Crippen LogP contribution >= 0.6 is 11.6 Å². The smallest absolute Gasteiger partial charge is 0.300 e. The number of amides is 1. The monoisotopic (exact) mass is 435 g/mol. The summed E-state index contributed by atoms with van der Waals surface area (Å²) in [6.07, 6.45) is 0. The molecule has 0 radical (unpaired) electrons. The maximum absolute atomic E-state index is 13.0. The van der Waals surface area contributed by atoms with Crippen LogP contribution in [-0.4, -0.2) is 29.0 Å². The molecule has 0 aliphatic carbocycles. The predicted molar refractivity (Wildman–Crippen MR) is 117 cm³/mol. The van der Waals surface area contributed by atoms with Gasteiger partial charge in [0.2, 0.25) is 0 Å². The van der Waals surface area contributed by atoms with E-state index >= 15 is 0 Å². The largest absolute Gasteiger partial charge is 0.508 e. The van der Waals surface area contributed by atoms with Crippen molar-refractivity contribution in [3.05, 3.63) is 94.5 Å². The molecule has 6 nitrogen and oxygen atoms in total. The quantitative estimate of drug-likeness (QED) is 0.353. The van der Waals surface area contributed by atoms with Gasteiger partial charge in [-0.15, -0.1) is 0 Å². The fourth-order valence-corrected chi connectivity index (χ4v) is 3.74. The Kier molecular flexibility index (Phi) is 5.40. The first kappa shape index (κ1) is 20.5. The number of aliphatic hydroxyl groups excluding tert-OH is 1. The predicted octanol–water partition coefficient (Wildman–Crippen LogP) is 4.68. The van der Waals surface area contributed by atoms with E-state index in [1.165, 1.54) is 24.1 Å². The Labute approximate surface area is 183 Å². The van der Waals surface area contributed by atoms with Crippen LogP contribution in [0.2, 0.25) is 5.02 Å². The molecule has 3 aromatic rings. The Hall–Kier alpha value is -3.77. The molecule has 1 atom stereocenters. The summed E-state index contributed by atoms with van der Waals surface area (Å²) in [7, 11) is 1.53. The number of hydrogen-bond donors (Lipinski definition) is 2. The van der Waals surface area contributed by atoms with E-state index in [1.54, 1.807) is 60.7 Å². The number of Topliss-reactive ketones (excluding diaryl/α,β-unsaturated/α-hetero) is 1. The van der Waals surface area contributed by atoms with Crippen molar-refractivity contribution < 1.29 is 24.5 Å². The van der Waals surface area contributed by atoms with Gasteiger partial charge in [0.1, 0.15) is 17.3 Å². The highest BCUT2D eigenvalue weighted by atomic mass is 35.5. The first-order valence-corrected chi connectivity index (χ1v) is 9.78. The van der Waals surface area contributed by atoms with Crippen molar-refractivity contribution in [2.45, 2.75) is 6.04 Å². The van der Waals surface area contributed by atoms with Crippen molar-refractivity contribution in [3.63, 3.8) is 0 Å². The number of methoxy groups -OCH3 is 1. The standard InChI is InChI=1S/C24H18ClNO5/c1-31-19-11-9-17(10-12-19)26-21(15-3-2-4-18(27)13-15)20(23(29)24(26)30)22(28)14-5-7-16(25)8-6-14/h2-13,21,27-28H,1H3/b22-20-. The van der Waals surface area contributed by atoms with Gasteiger partial charge in [-0.2, -0.15) is 0 Å². The zero-order chi connectivity index (χ0) is 22.1. The molecule has 1 aliphatic heterocycles. The zero-order valence-electron chi connectivity index (χ0n) is 16.4. The van der Waals surface area contributed by atoms with Gasteiger partial charge in [0, 0.05) is 16.3 Å². The molecule has 7 heteroatoms. The van der Waals surface area contributed by atoms with Crippen LogP contribution in [0.3, 0.4) is 0 Å². The minimum Gasteiger partial charge on any atom is -0.508 e. The minimum absolute atomic E-state index is 0.0238. The lowest BCUT2D eigenvalue weighted by Crippen LogP contribution is -2.29. The summed E-state index contributed by atoms with van der Waals surface area (Å²) in [5.41, 5.74) is 1.20. The van der Waals surface area contributed by atoms with Crippen LogP contribution < -0.4 is 9.64 Å². The number of hydrogen-bond acceptors (Lipinski definition) is 5. The molecule has 1 saturated heterocycles. The number of ketones is 1. The summed E-state index contributed by atoms with van der Waals surface area (Å²) < 4.78 is 5.17. The molecule has 156 valence electrons. The van der Waals surface area contributed by atoms with Crippen molar-refractivity contribution in [2.75, 3.05) is 12.0 Å². The molecule has 31 heavy (non-hydrogen) atoms. The molecule has 1 unspecified atom stereocenters. The van der Waals surface area contributed by atoms with Crippen LogP contribution in [0.15, 0.2) is 78.4 Å². The summed E-state index contributed by atoms with van der Waals surface area (Å²) in [4.78, 5) is 27.4. The molecule has 3 aromatic carbocycles. The minimum atomic E-state index is -0.934. The van der Waals surface area contributed by atoms with Gasteiger partial charge in [0.05, 0.1) is 18.7 Å². The zero-order valence-corrected chi connectivity index (χ0v) is 17.2. The van der Waals surface area contributed by atoms with Crippen LogP contribution in [0, 0.1) is 0 Å². The number of rotatable bonds is 4. The second-order valence-electron chi connectivity index (χ2n) is 6.97. The van der Waals surface area contributed by atoms with Crippen molar-refractivity contribution in [3.8, 4) is 11.5 Å². The number of phenols is 1. The second-order valence-corrected chi connectivity index (χ2v) is 7.41. The molecule has 0 saturated carbocycles. The number of benzene rings is 3. The summed E-state index contributed by atoms with van der Waals surface area (Å²) in [5, 5.41) is 21.5. The highest BCUT2D eigenvalue weighted by Crippen LogP contribution is 2.43. The number of aliphatic hydroxyl groups is 1. The van der Waals surface area contributed by atoms with E-state index in [2.05, 4.69) is 0 Å². The highest BCUT2D eigenvalue weighted by molar-refractivity contribution is 6.51. The van der Waals surface area contributed by atoms with E-state index in [0.29, 0.717) is 27.6 Å². The van der Waals surface area contributed by atoms with Gasteiger partial charge in [0.25, 0.3) is 11.7 Å².